The highest BCUT2D eigenvalue weighted by molar-refractivity contribution is 7.71. The number of aromatic amines is 1. The number of methoxy groups -OCH3 is 1. The standard InChI is InChI=1S/C22H26N6O3S/c1-31-17-6-4-16(5-7-17)27-13-11-26(12-14-27)10-9-23-19(29)15-28-21(30)18-3-2-8-24-20(18)25-22(28)32/h2-8H,9-15H2,1H3,(H,23,29)(H,24,25,32). The van der Waals surface area contributed by atoms with Gasteiger partial charge in [-0.2, -0.15) is 0 Å². The number of H-pyrrole nitrogens is 1. The van der Waals surface area contributed by atoms with E-state index in [4.69, 9.17) is 17.0 Å². The predicted octanol–water partition coefficient (Wildman–Crippen LogP) is 1.40. The topological polar surface area (TPSA) is 95.5 Å². The molecule has 1 saturated heterocycles. The maximum Gasteiger partial charge on any atom is 0.264 e. The molecule has 9 nitrogen and oxygen atoms in total. The highest BCUT2D eigenvalue weighted by Gasteiger charge is 2.17. The molecule has 32 heavy (non-hydrogen) atoms. The van der Waals surface area contributed by atoms with Crippen molar-refractivity contribution in [2.75, 3.05) is 51.3 Å². The lowest BCUT2D eigenvalue weighted by atomic mass is 10.2. The molecule has 0 unspecified atom stereocenters. The van der Waals surface area contributed by atoms with E-state index < -0.39 is 0 Å². The van der Waals surface area contributed by atoms with Gasteiger partial charge in [-0.3, -0.25) is 19.1 Å². The zero-order chi connectivity index (χ0) is 22.5. The third kappa shape index (κ3) is 4.97. The summed E-state index contributed by atoms with van der Waals surface area (Å²) in [6, 6.07) is 11.4. The van der Waals surface area contributed by atoms with E-state index in [1.54, 1.807) is 25.4 Å². The minimum Gasteiger partial charge on any atom is -0.497 e. The maximum atomic E-state index is 12.6. The Labute approximate surface area is 190 Å². The number of carbonyl (C=O) groups excluding carboxylic acids is 1. The molecule has 0 atom stereocenters. The molecule has 0 bridgehead atoms. The second-order valence-corrected chi connectivity index (χ2v) is 7.98. The van der Waals surface area contributed by atoms with E-state index in [1.807, 2.05) is 12.1 Å². The van der Waals surface area contributed by atoms with Gasteiger partial charge in [-0.1, -0.05) is 0 Å². The lowest BCUT2D eigenvalue weighted by Crippen LogP contribution is -2.48. The average Bonchev–Trinajstić information content (AvgIpc) is 2.82. The van der Waals surface area contributed by atoms with Gasteiger partial charge >= 0.3 is 0 Å². The molecule has 0 saturated carbocycles. The first-order valence-electron chi connectivity index (χ1n) is 10.5. The Morgan fingerprint density at radius 3 is 2.66 bits per heavy atom. The number of nitrogens with zero attached hydrogens (tertiary/aromatic N) is 4. The van der Waals surface area contributed by atoms with Crippen LogP contribution < -0.4 is 20.5 Å². The van der Waals surface area contributed by atoms with Gasteiger partial charge in [0.05, 0.1) is 12.5 Å². The first-order chi connectivity index (χ1) is 15.5. The highest BCUT2D eigenvalue weighted by Crippen LogP contribution is 2.20. The minimum absolute atomic E-state index is 0.121. The highest BCUT2D eigenvalue weighted by atomic mass is 32.1. The summed E-state index contributed by atoms with van der Waals surface area (Å²) in [5.41, 5.74) is 1.29. The van der Waals surface area contributed by atoms with Crippen molar-refractivity contribution in [3.05, 3.63) is 57.7 Å². The van der Waals surface area contributed by atoms with Crippen LogP contribution in [0.5, 0.6) is 5.75 Å². The number of rotatable bonds is 7. The third-order valence-corrected chi connectivity index (χ3v) is 5.94. The summed E-state index contributed by atoms with van der Waals surface area (Å²) >= 11 is 5.23. The van der Waals surface area contributed by atoms with Crippen LogP contribution in [0.15, 0.2) is 47.4 Å². The van der Waals surface area contributed by atoms with Gasteiger partial charge in [0.2, 0.25) is 5.91 Å². The number of hydrogen-bond acceptors (Lipinski definition) is 7. The van der Waals surface area contributed by atoms with Crippen LogP contribution in [0.3, 0.4) is 0 Å². The number of nitrogens with one attached hydrogen (secondary N) is 2. The van der Waals surface area contributed by atoms with Gasteiger partial charge in [0.15, 0.2) is 4.77 Å². The van der Waals surface area contributed by atoms with E-state index in [0.717, 1.165) is 38.5 Å². The molecule has 1 aliphatic heterocycles. The van der Waals surface area contributed by atoms with Gasteiger partial charge in [-0.05, 0) is 48.6 Å². The van der Waals surface area contributed by atoms with Gasteiger partial charge in [0.25, 0.3) is 5.56 Å². The second-order valence-electron chi connectivity index (χ2n) is 7.60. The molecule has 0 aliphatic carbocycles. The van der Waals surface area contributed by atoms with E-state index in [-0.39, 0.29) is 22.8 Å². The van der Waals surface area contributed by atoms with Crippen LogP contribution in [0.4, 0.5) is 5.69 Å². The Hall–Kier alpha value is -3.24. The number of amides is 1. The van der Waals surface area contributed by atoms with Crippen molar-refractivity contribution in [2.45, 2.75) is 6.54 Å². The number of aromatic nitrogens is 3. The summed E-state index contributed by atoms with van der Waals surface area (Å²) < 4.78 is 6.67. The van der Waals surface area contributed by atoms with Crippen molar-refractivity contribution < 1.29 is 9.53 Å². The zero-order valence-corrected chi connectivity index (χ0v) is 18.7. The van der Waals surface area contributed by atoms with Crippen molar-refractivity contribution in [3.63, 3.8) is 0 Å². The lowest BCUT2D eigenvalue weighted by Gasteiger charge is -2.36. The Bertz CT molecular complexity index is 1200. The number of benzene rings is 1. The van der Waals surface area contributed by atoms with Crippen LogP contribution in [0.25, 0.3) is 11.0 Å². The van der Waals surface area contributed by atoms with Crippen molar-refractivity contribution in [3.8, 4) is 5.75 Å². The predicted molar refractivity (Wildman–Crippen MR) is 126 cm³/mol. The molecular formula is C22H26N6O3S. The third-order valence-electron chi connectivity index (χ3n) is 5.62. The fourth-order valence-electron chi connectivity index (χ4n) is 3.80. The molecule has 2 aromatic heterocycles. The molecule has 168 valence electrons. The van der Waals surface area contributed by atoms with Crippen molar-refractivity contribution in [2.24, 2.45) is 0 Å². The first kappa shape index (κ1) is 22.0. The number of anilines is 1. The van der Waals surface area contributed by atoms with E-state index in [1.165, 1.54) is 10.3 Å². The molecule has 1 fully saturated rings. The Morgan fingerprint density at radius 2 is 1.94 bits per heavy atom. The summed E-state index contributed by atoms with van der Waals surface area (Å²) in [5, 5.41) is 3.30. The van der Waals surface area contributed by atoms with Crippen LogP contribution in [0.2, 0.25) is 0 Å². The lowest BCUT2D eigenvalue weighted by molar-refractivity contribution is -0.121. The Kier molecular flexibility index (Phi) is 6.81. The summed E-state index contributed by atoms with van der Waals surface area (Å²) in [6.45, 7) is 4.85. The molecule has 3 heterocycles. The molecule has 1 aromatic carbocycles. The SMILES string of the molecule is COc1ccc(N2CCN(CCNC(=O)Cn3c(=S)[nH]c4ncccc4c3=O)CC2)cc1. The molecule has 10 heteroatoms. The van der Waals surface area contributed by atoms with Crippen LogP contribution in [0.1, 0.15) is 0 Å². The van der Waals surface area contributed by atoms with Gasteiger partial charge in [0, 0.05) is 51.2 Å². The number of carbonyl (C=O) groups is 1. The number of hydrogen-bond donors (Lipinski definition) is 2. The van der Waals surface area contributed by atoms with E-state index in [9.17, 15) is 9.59 Å². The average molecular weight is 455 g/mol. The largest absolute Gasteiger partial charge is 0.497 e. The second kappa shape index (κ2) is 9.92. The Balaban J connectivity index is 1.25. The quantitative estimate of drug-likeness (QED) is 0.521. The van der Waals surface area contributed by atoms with Crippen molar-refractivity contribution in [1.29, 1.82) is 0 Å². The summed E-state index contributed by atoms with van der Waals surface area (Å²) in [5.74, 6) is 0.610. The molecule has 1 aliphatic rings. The fraction of sp³-hybridized carbons (Fsp3) is 0.364. The maximum absolute atomic E-state index is 12.6. The van der Waals surface area contributed by atoms with Crippen molar-refractivity contribution in [1.82, 2.24) is 24.8 Å². The van der Waals surface area contributed by atoms with Crippen LogP contribution in [0, 0.1) is 4.77 Å². The number of piperazine rings is 1. The van der Waals surface area contributed by atoms with E-state index in [0.29, 0.717) is 17.6 Å². The Morgan fingerprint density at radius 1 is 1.19 bits per heavy atom. The monoisotopic (exact) mass is 454 g/mol. The summed E-state index contributed by atoms with van der Waals surface area (Å²) in [7, 11) is 1.67. The minimum atomic E-state index is -0.318. The smallest absolute Gasteiger partial charge is 0.264 e. The fourth-order valence-corrected chi connectivity index (χ4v) is 4.05. The number of ether oxygens (including phenoxy) is 1. The van der Waals surface area contributed by atoms with Crippen LogP contribution in [-0.2, 0) is 11.3 Å². The summed E-state index contributed by atoms with van der Waals surface area (Å²) in [6.07, 6.45) is 1.58. The van der Waals surface area contributed by atoms with Gasteiger partial charge in [-0.15, -0.1) is 0 Å². The normalized spacial score (nSPS) is 14.5. The molecule has 0 spiro atoms. The number of pyridine rings is 1. The van der Waals surface area contributed by atoms with Gasteiger partial charge in [-0.25, -0.2) is 4.98 Å². The van der Waals surface area contributed by atoms with Crippen molar-refractivity contribution >= 4 is 34.8 Å². The molecular weight excluding hydrogens is 428 g/mol. The molecule has 1 amide bonds. The van der Waals surface area contributed by atoms with Gasteiger partial charge < -0.3 is 19.9 Å². The van der Waals surface area contributed by atoms with Crippen LogP contribution >= 0.6 is 12.2 Å². The number of fused-ring (bicyclic) bond motifs is 1. The molecule has 0 radical (unpaired) electrons. The molecule has 2 N–H and O–H groups in total. The summed E-state index contributed by atoms with van der Waals surface area (Å²) in [4.78, 5) is 36.7. The van der Waals surface area contributed by atoms with E-state index >= 15 is 0 Å². The van der Waals surface area contributed by atoms with E-state index in [2.05, 4.69) is 37.2 Å². The molecule has 4 rings (SSSR count). The van der Waals surface area contributed by atoms with Crippen LogP contribution in [-0.4, -0.2) is 71.7 Å². The first-order valence-corrected chi connectivity index (χ1v) is 10.9. The zero-order valence-electron chi connectivity index (χ0n) is 17.9. The van der Waals surface area contributed by atoms with Gasteiger partial charge in [0.1, 0.15) is 17.9 Å². The molecule has 3 aromatic rings.